The average Bonchev–Trinajstić information content (AvgIpc) is 2.99. The Morgan fingerprint density at radius 1 is 1.42 bits per heavy atom. The number of carbonyl (C=O) groups excluding carboxylic acids is 2. The molecule has 1 fully saturated rings. The minimum Gasteiger partial charge on any atom is -0.359 e. The molecular formula is C17H19ClN4O2. The largest absolute Gasteiger partial charge is 0.359 e. The number of nitriles is 1. The maximum atomic E-state index is 12.0. The Morgan fingerprint density at radius 2 is 2.21 bits per heavy atom. The molecule has 0 atom stereocenters. The molecule has 0 aromatic heterocycles. The zero-order valence-electron chi connectivity index (χ0n) is 13.2. The van der Waals surface area contributed by atoms with E-state index < -0.39 is 5.91 Å². The second kappa shape index (κ2) is 8.94. The van der Waals surface area contributed by atoms with Crippen molar-refractivity contribution in [1.29, 1.82) is 5.26 Å². The lowest BCUT2D eigenvalue weighted by Gasteiger charge is -2.15. The molecule has 7 heteroatoms. The Kier molecular flexibility index (Phi) is 6.64. The van der Waals surface area contributed by atoms with Gasteiger partial charge in [0.25, 0.3) is 5.91 Å². The zero-order valence-corrected chi connectivity index (χ0v) is 14.0. The van der Waals surface area contributed by atoms with Crippen LogP contribution in [-0.4, -0.2) is 36.3 Å². The Bertz CT molecular complexity index is 681. The van der Waals surface area contributed by atoms with Crippen molar-refractivity contribution in [1.82, 2.24) is 10.2 Å². The van der Waals surface area contributed by atoms with Gasteiger partial charge < -0.3 is 15.5 Å². The van der Waals surface area contributed by atoms with Crippen LogP contribution in [-0.2, 0) is 9.59 Å². The van der Waals surface area contributed by atoms with Crippen LogP contribution in [0.3, 0.4) is 0 Å². The fourth-order valence-electron chi connectivity index (χ4n) is 2.38. The second-order valence-electron chi connectivity index (χ2n) is 5.39. The van der Waals surface area contributed by atoms with Crippen molar-refractivity contribution in [2.75, 3.05) is 25.0 Å². The molecule has 0 aliphatic carbocycles. The molecular weight excluding hydrogens is 328 g/mol. The number of likely N-dealkylation sites (tertiary alicyclic amines) is 1. The number of amides is 2. The van der Waals surface area contributed by atoms with Gasteiger partial charge in [0, 0.05) is 32.3 Å². The Balaban J connectivity index is 1.78. The van der Waals surface area contributed by atoms with Crippen molar-refractivity contribution in [2.45, 2.75) is 19.3 Å². The normalized spacial score (nSPS) is 14.4. The zero-order chi connectivity index (χ0) is 17.4. The predicted octanol–water partition coefficient (Wildman–Crippen LogP) is 2.29. The van der Waals surface area contributed by atoms with Crippen LogP contribution in [0, 0.1) is 11.3 Å². The van der Waals surface area contributed by atoms with Crippen molar-refractivity contribution >= 4 is 29.1 Å². The molecule has 0 unspecified atom stereocenters. The average molecular weight is 347 g/mol. The fourth-order valence-corrected chi connectivity index (χ4v) is 2.57. The molecule has 1 saturated heterocycles. The number of carbonyl (C=O) groups is 2. The van der Waals surface area contributed by atoms with Crippen LogP contribution in [0.2, 0.25) is 5.02 Å². The number of anilines is 1. The van der Waals surface area contributed by atoms with E-state index >= 15 is 0 Å². The van der Waals surface area contributed by atoms with Gasteiger partial charge in [-0.15, -0.1) is 0 Å². The summed E-state index contributed by atoms with van der Waals surface area (Å²) in [6.07, 6.45) is 3.51. The van der Waals surface area contributed by atoms with E-state index in [0.29, 0.717) is 36.6 Å². The van der Waals surface area contributed by atoms with Crippen molar-refractivity contribution in [3.63, 3.8) is 0 Å². The summed E-state index contributed by atoms with van der Waals surface area (Å²) < 4.78 is 0. The van der Waals surface area contributed by atoms with Crippen LogP contribution in [0.1, 0.15) is 19.3 Å². The van der Waals surface area contributed by atoms with Crippen molar-refractivity contribution in [3.05, 3.63) is 41.1 Å². The first-order valence-electron chi connectivity index (χ1n) is 7.79. The van der Waals surface area contributed by atoms with Crippen LogP contribution >= 0.6 is 11.6 Å². The van der Waals surface area contributed by atoms with Gasteiger partial charge in [-0.05, 0) is 25.0 Å². The van der Waals surface area contributed by atoms with Crippen molar-refractivity contribution in [3.8, 4) is 6.07 Å². The molecule has 0 bridgehead atoms. The molecule has 2 N–H and O–H groups in total. The summed E-state index contributed by atoms with van der Waals surface area (Å²) in [4.78, 5) is 25.3. The van der Waals surface area contributed by atoms with E-state index in [9.17, 15) is 9.59 Å². The van der Waals surface area contributed by atoms with E-state index in [-0.39, 0.29) is 11.5 Å². The van der Waals surface area contributed by atoms with E-state index in [4.69, 9.17) is 16.9 Å². The van der Waals surface area contributed by atoms with E-state index in [1.165, 1.54) is 6.20 Å². The molecule has 1 aliphatic heterocycles. The number of hydrogen-bond donors (Lipinski definition) is 2. The number of nitrogens with one attached hydrogen (secondary N) is 2. The molecule has 24 heavy (non-hydrogen) atoms. The van der Waals surface area contributed by atoms with Crippen LogP contribution in [0.5, 0.6) is 0 Å². The third kappa shape index (κ3) is 5.00. The number of halogens is 1. The van der Waals surface area contributed by atoms with Gasteiger partial charge in [0.1, 0.15) is 11.6 Å². The van der Waals surface area contributed by atoms with Gasteiger partial charge in [-0.2, -0.15) is 5.26 Å². The second-order valence-corrected chi connectivity index (χ2v) is 5.79. The highest BCUT2D eigenvalue weighted by molar-refractivity contribution is 6.33. The van der Waals surface area contributed by atoms with Crippen molar-refractivity contribution in [2.24, 2.45) is 0 Å². The number of rotatable bonds is 7. The smallest absolute Gasteiger partial charge is 0.263 e. The van der Waals surface area contributed by atoms with Crippen LogP contribution in [0.25, 0.3) is 0 Å². The van der Waals surface area contributed by atoms with E-state index in [0.717, 1.165) is 13.0 Å². The first-order valence-corrected chi connectivity index (χ1v) is 8.17. The molecule has 1 aromatic carbocycles. The summed E-state index contributed by atoms with van der Waals surface area (Å²) in [5, 5.41) is 15.1. The van der Waals surface area contributed by atoms with Gasteiger partial charge in [-0.1, -0.05) is 23.7 Å². The molecule has 6 nitrogen and oxygen atoms in total. The lowest BCUT2D eigenvalue weighted by atomic mass is 10.2. The molecule has 2 rings (SSSR count). The third-order valence-electron chi connectivity index (χ3n) is 3.67. The van der Waals surface area contributed by atoms with Crippen LogP contribution < -0.4 is 10.6 Å². The lowest BCUT2D eigenvalue weighted by molar-refractivity contribution is -0.127. The van der Waals surface area contributed by atoms with Gasteiger partial charge in [-0.25, -0.2) is 0 Å². The number of para-hydroxylation sites is 1. The Hall–Kier alpha value is -2.52. The Morgan fingerprint density at radius 3 is 2.88 bits per heavy atom. The van der Waals surface area contributed by atoms with E-state index in [1.54, 1.807) is 29.2 Å². The van der Waals surface area contributed by atoms with Gasteiger partial charge >= 0.3 is 0 Å². The van der Waals surface area contributed by atoms with Crippen molar-refractivity contribution < 1.29 is 9.59 Å². The first-order chi connectivity index (χ1) is 11.6. The highest BCUT2D eigenvalue weighted by Gasteiger charge is 2.19. The van der Waals surface area contributed by atoms with Gasteiger partial charge in [0.2, 0.25) is 5.91 Å². The van der Waals surface area contributed by atoms with E-state index in [1.807, 2.05) is 6.07 Å². The minimum absolute atomic E-state index is 0.0350. The molecule has 1 aliphatic rings. The fraction of sp³-hybridized carbons (Fsp3) is 0.353. The third-order valence-corrected chi connectivity index (χ3v) is 4.00. The molecule has 126 valence electrons. The maximum Gasteiger partial charge on any atom is 0.263 e. The highest BCUT2D eigenvalue weighted by atomic mass is 35.5. The number of nitrogens with zero attached hydrogens (tertiary/aromatic N) is 2. The number of benzene rings is 1. The summed E-state index contributed by atoms with van der Waals surface area (Å²) in [5.74, 6) is -0.285. The summed E-state index contributed by atoms with van der Waals surface area (Å²) in [5.41, 5.74) is 0.583. The SMILES string of the molecule is N#C/C(=C/Nc1ccccc1Cl)C(=O)NCCCN1CCCC1=O. The first kappa shape index (κ1) is 17.8. The molecule has 0 radical (unpaired) electrons. The summed E-state index contributed by atoms with van der Waals surface area (Å²) >= 11 is 6.00. The number of hydrogen-bond acceptors (Lipinski definition) is 4. The molecule has 0 spiro atoms. The maximum absolute atomic E-state index is 12.0. The summed E-state index contributed by atoms with van der Waals surface area (Å²) in [6, 6.07) is 8.91. The molecule has 1 heterocycles. The highest BCUT2D eigenvalue weighted by Crippen LogP contribution is 2.20. The van der Waals surface area contributed by atoms with Crippen LogP contribution in [0.4, 0.5) is 5.69 Å². The monoisotopic (exact) mass is 346 g/mol. The topological polar surface area (TPSA) is 85.2 Å². The lowest BCUT2D eigenvalue weighted by Crippen LogP contribution is -2.31. The predicted molar refractivity (Wildman–Crippen MR) is 92.2 cm³/mol. The molecule has 2 amide bonds. The van der Waals surface area contributed by atoms with E-state index in [2.05, 4.69) is 10.6 Å². The van der Waals surface area contributed by atoms with Gasteiger partial charge in [-0.3, -0.25) is 9.59 Å². The standard InChI is InChI=1S/C17H19ClN4O2/c18-14-5-1-2-6-15(14)21-12-13(11-19)17(24)20-8-4-10-22-9-3-7-16(22)23/h1-2,5-6,12,21H,3-4,7-10H2,(H,20,24)/b13-12-. The van der Waals surface area contributed by atoms with Gasteiger partial charge in [0.15, 0.2) is 0 Å². The molecule has 0 saturated carbocycles. The molecule has 1 aromatic rings. The minimum atomic E-state index is -0.454. The Labute approximate surface area is 146 Å². The summed E-state index contributed by atoms with van der Waals surface area (Å²) in [7, 11) is 0. The van der Waals surface area contributed by atoms with Crippen LogP contribution in [0.15, 0.2) is 36.0 Å². The quantitative estimate of drug-likeness (QED) is 0.450. The van der Waals surface area contributed by atoms with Gasteiger partial charge in [0.05, 0.1) is 10.7 Å². The summed E-state index contributed by atoms with van der Waals surface area (Å²) in [6.45, 7) is 1.83.